The minimum absolute atomic E-state index is 0.0235. The fourth-order valence-corrected chi connectivity index (χ4v) is 5.04. The maximum absolute atomic E-state index is 12.5. The molecule has 0 aliphatic carbocycles. The zero-order chi connectivity index (χ0) is 20.9. The lowest BCUT2D eigenvalue weighted by Gasteiger charge is -2.36. The number of ether oxygens (including phenoxy) is 3. The number of hydrogen-bond donors (Lipinski definition) is 0. The van der Waals surface area contributed by atoms with Crippen molar-refractivity contribution < 1.29 is 22.6 Å². The Morgan fingerprint density at radius 3 is 1.93 bits per heavy atom. The second kappa shape index (κ2) is 13.3. The van der Waals surface area contributed by atoms with Crippen molar-refractivity contribution >= 4 is 9.84 Å². The third kappa shape index (κ3) is 7.82. The molecule has 5 nitrogen and oxygen atoms in total. The molecule has 0 aromatic heterocycles. The lowest BCUT2D eigenvalue weighted by Crippen LogP contribution is -2.44. The van der Waals surface area contributed by atoms with E-state index < -0.39 is 15.8 Å². The van der Waals surface area contributed by atoms with E-state index >= 15 is 0 Å². The van der Waals surface area contributed by atoms with Gasteiger partial charge >= 0.3 is 0 Å². The van der Waals surface area contributed by atoms with E-state index in [1.54, 1.807) is 45.6 Å². The molecule has 0 spiro atoms. The lowest BCUT2D eigenvalue weighted by atomic mass is 9.93. The van der Waals surface area contributed by atoms with Crippen molar-refractivity contribution in [2.45, 2.75) is 75.6 Å². The molecular weight excluding hydrogens is 376 g/mol. The predicted octanol–water partition coefficient (Wildman–Crippen LogP) is 5.20. The Labute approximate surface area is 171 Å². The van der Waals surface area contributed by atoms with E-state index in [2.05, 4.69) is 6.92 Å². The van der Waals surface area contributed by atoms with Gasteiger partial charge in [0.25, 0.3) is 5.97 Å². The van der Waals surface area contributed by atoms with E-state index in [9.17, 15) is 8.42 Å². The third-order valence-corrected chi connectivity index (χ3v) is 7.14. The maximum atomic E-state index is 12.5. The number of sulfone groups is 1. The Hall–Kier alpha value is -0.950. The van der Waals surface area contributed by atoms with E-state index in [-0.39, 0.29) is 11.7 Å². The van der Waals surface area contributed by atoms with Crippen LogP contribution in [0, 0.1) is 5.92 Å². The van der Waals surface area contributed by atoms with Gasteiger partial charge in [0.2, 0.25) is 0 Å². The van der Waals surface area contributed by atoms with Gasteiger partial charge in [-0.3, -0.25) is 0 Å². The number of hydrogen-bond acceptors (Lipinski definition) is 5. The summed E-state index contributed by atoms with van der Waals surface area (Å²) in [6.07, 6.45) is 9.30. The first-order valence-corrected chi connectivity index (χ1v) is 12.0. The van der Waals surface area contributed by atoms with E-state index in [0.29, 0.717) is 17.7 Å². The fourth-order valence-electron chi connectivity index (χ4n) is 3.68. The molecule has 1 aromatic carbocycles. The number of benzene rings is 1. The monoisotopic (exact) mass is 414 g/mol. The second-order valence-electron chi connectivity index (χ2n) is 7.24. The molecule has 1 rings (SSSR count). The zero-order valence-corrected chi connectivity index (χ0v) is 18.8. The molecule has 0 bridgehead atoms. The van der Waals surface area contributed by atoms with Crippen molar-refractivity contribution in [3.8, 4) is 0 Å². The number of unbranched alkanes of at least 4 members (excludes halogenated alkanes) is 5. The van der Waals surface area contributed by atoms with Gasteiger partial charge in [0.15, 0.2) is 9.84 Å². The molecule has 0 saturated heterocycles. The van der Waals surface area contributed by atoms with E-state index in [1.807, 2.05) is 6.07 Å². The molecule has 0 amide bonds. The van der Waals surface area contributed by atoms with Crippen LogP contribution in [0.4, 0.5) is 0 Å². The molecule has 0 fully saturated rings. The van der Waals surface area contributed by atoms with E-state index in [0.717, 1.165) is 19.3 Å². The van der Waals surface area contributed by atoms with Gasteiger partial charge < -0.3 is 14.2 Å². The van der Waals surface area contributed by atoms with Crippen LogP contribution in [0.2, 0.25) is 0 Å². The van der Waals surface area contributed by atoms with Crippen LogP contribution in [0.25, 0.3) is 0 Å². The van der Waals surface area contributed by atoms with Crippen LogP contribution in [0.3, 0.4) is 0 Å². The van der Waals surface area contributed by atoms with Crippen molar-refractivity contribution in [3.05, 3.63) is 30.3 Å². The van der Waals surface area contributed by atoms with Crippen LogP contribution in [0.15, 0.2) is 35.2 Å². The van der Waals surface area contributed by atoms with Crippen molar-refractivity contribution in [3.63, 3.8) is 0 Å². The molecule has 0 saturated carbocycles. The van der Waals surface area contributed by atoms with Gasteiger partial charge in [0.05, 0.1) is 10.6 Å². The highest BCUT2D eigenvalue weighted by atomic mass is 32.2. The first-order valence-electron chi connectivity index (χ1n) is 10.4. The minimum Gasteiger partial charge on any atom is -0.331 e. The molecular formula is C22H38O5S. The summed E-state index contributed by atoms with van der Waals surface area (Å²) >= 11 is 0. The van der Waals surface area contributed by atoms with Crippen molar-refractivity contribution in [2.75, 3.05) is 27.1 Å². The molecule has 0 N–H and O–H groups in total. The van der Waals surface area contributed by atoms with Gasteiger partial charge in [-0.05, 0) is 31.4 Å². The third-order valence-electron chi connectivity index (χ3n) is 5.33. The van der Waals surface area contributed by atoms with Crippen molar-refractivity contribution in [1.82, 2.24) is 0 Å². The summed E-state index contributed by atoms with van der Waals surface area (Å²) in [4.78, 5) is 0.374. The summed E-state index contributed by atoms with van der Waals surface area (Å²) in [6.45, 7) is 2.21. The van der Waals surface area contributed by atoms with Crippen LogP contribution < -0.4 is 0 Å². The van der Waals surface area contributed by atoms with Crippen LogP contribution in [-0.2, 0) is 24.0 Å². The summed E-state index contributed by atoms with van der Waals surface area (Å²) in [6, 6.07) is 8.61. The normalized spacial score (nSPS) is 13.6. The Balaban J connectivity index is 2.66. The van der Waals surface area contributed by atoms with Gasteiger partial charge in [-0.25, -0.2) is 8.42 Å². The average molecular weight is 415 g/mol. The quantitative estimate of drug-likeness (QED) is 0.275. The largest absolute Gasteiger partial charge is 0.331 e. The molecule has 0 aliphatic heterocycles. The van der Waals surface area contributed by atoms with E-state index in [4.69, 9.17) is 14.2 Å². The smallest absolute Gasteiger partial charge is 0.285 e. The zero-order valence-electron chi connectivity index (χ0n) is 18.0. The average Bonchev–Trinajstić information content (AvgIpc) is 2.72. The highest BCUT2D eigenvalue weighted by Gasteiger charge is 2.39. The Kier molecular flexibility index (Phi) is 11.9. The fraction of sp³-hybridized carbons (Fsp3) is 0.727. The van der Waals surface area contributed by atoms with Crippen molar-refractivity contribution in [2.24, 2.45) is 5.92 Å². The van der Waals surface area contributed by atoms with Crippen LogP contribution in [-0.4, -0.2) is 41.5 Å². The molecule has 0 heterocycles. The Bertz CT molecular complexity index is 603. The molecule has 1 atom stereocenters. The van der Waals surface area contributed by atoms with Gasteiger partial charge in [-0.2, -0.15) is 0 Å². The summed E-state index contributed by atoms with van der Waals surface area (Å²) in [5, 5.41) is 0. The summed E-state index contributed by atoms with van der Waals surface area (Å²) in [5.41, 5.74) is 0. The van der Waals surface area contributed by atoms with Gasteiger partial charge in [-0.15, -0.1) is 0 Å². The SMILES string of the molecule is CCCCCCCC[C@H](CCCS(=O)(=O)c1ccccc1)C(OC)(OC)OC. The molecule has 0 radical (unpaired) electrons. The van der Waals surface area contributed by atoms with Crippen molar-refractivity contribution in [1.29, 1.82) is 0 Å². The van der Waals surface area contributed by atoms with Gasteiger partial charge in [0.1, 0.15) is 0 Å². The maximum Gasteiger partial charge on any atom is 0.285 e. The highest BCUT2D eigenvalue weighted by Crippen LogP contribution is 2.32. The number of methoxy groups -OCH3 is 3. The van der Waals surface area contributed by atoms with Crippen LogP contribution in [0.1, 0.15) is 64.7 Å². The Morgan fingerprint density at radius 2 is 1.36 bits per heavy atom. The van der Waals surface area contributed by atoms with Crippen LogP contribution in [0.5, 0.6) is 0 Å². The molecule has 6 heteroatoms. The van der Waals surface area contributed by atoms with Crippen LogP contribution >= 0.6 is 0 Å². The van der Waals surface area contributed by atoms with E-state index in [1.165, 1.54) is 25.7 Å². The molecule has 28 heavy (non-hydrogen) atoms. The summed E-state index contributed by atoms with van der Waals surface area (Å²) in [7, 11) is 1.43. The summed E-state index contributed by atoms with van der Waals surface area (Å²) < 4.78 is 41.8. The highest BCUT2D eigenvalue weighted by molar-refractivity contribution is 7.91. The molecule has 0 unspecified atom stereocenters. The minimum atomic E-state index is -3.28. The van der Waals surface area contributed by atoms with Gasteiger partial charge in [-0.1, -0.05) is 63.6 Å². The summed E-state index contributed by atoms with van der Waals surface area (Å²) in [5.74, 6) is -1.04. The molecule has 1 aromatic rings. The first-order chi connectivity index (χ1) is 13.5. The Morgan fingerprint density at radius 1 is 0.821 bits per heavy atom. The molecule has 0 aliphatic rings. The second-order valence-corrected chi connectivity index (χ2v) is 9.35. The topological polar surface area (TPSA) is 61.8 Å². The predicted molar refractivity (Wildman–Crippen MR) is 113 cm³/mol. The first kappa shape index (κ1) is 25.1. The standard InChI is InChI=1S/C22H38O5S/c1-5-6-7-8-9-11-15-20(22(25-2,26-3)27-4)16-14-19-28(23,24)21-17-12-10-13-18-21/h10,12-13,17-18,20H,5-9,11,14-16,19H2,1-4H3/t20-/m1/s1. The lowest BCUT2D eigenvalue weighted by molar-refractivity contribution is -0.380. The van der Waals surface area contributed by atoms with Gasteiger partial charge in [0, 0.05) is 27.2 Å². The molecule has 162 valence electrons. The number of rotatable bonds is 16.